The number of carbonyl (C=O) groups excluding carboxylic acids is 1. The van der Waals surface area contributed by atoms with Crippen LogP contribution in [0, 0.1) is 5.92 Å². The van der Waals surface area contributed by atoms with Crippen molar-refractivity contribution >= 4 is 5.78 Å². The number of Topliss-reactive ketones (excluding diaryl/α,β-unsaturated/α-hetero) is 1. The molecule has 0 fully saturated rings. The Bertz CT molecular complexity index is 680. The maximum Gasteiger partial charge on any atom is 0.168 e. The highest BCUT2D eigenvalue weighted by molar-refractivity contribution is 5.99. The quantitative estimate of drug-likeness (QED) is 0.769. The van der Waals surface area contributed by atoms with Crippen LogP contribution in [0.25, 0.3) is 0 Å². The van der Waals surface area contributed by atoms with Crippen LogP contribution in [0.4, 0.5) is 0 Å². The molecular formula is C18H23N3O2. The van der Waals surface area contributed by atoms with E-state index in [1.54, 1.807) is 18.1 Å². The molecule has 1 atom stereocenters. The molecule has 0 radical (unpaired) electrons. The molecule has 3 rings (SSSR count). The molecule has 1 aromatic carbocycles. The molecule has 0 bridgehead atoms. The first-order valence-electron chi connectivity index (χ1n) is 8.30. The minimum atomic E-state index is -0.0730. The average molecular weight is 313 g/mol. The van der Waals surface area contributed by atoms with Gasteiger partial charge in [-0.25, -0.2) is 4.98 Å². The van der Waals surface area contributed by atoms with E-state index in [2.05, 4.69) is 17.0 Å². The summed E-state index contributed by atoms with van der Waals surface area (Å²) in [5.74, 6) is 1.06. The van der Waals surface area contributed by atoms with Gasteiger partial charge in [-0.05, 0) is 55.4 Å². The van der Waals surface area contributed by atoms with Crippen LogP contribution in [0.2, 0.25) is 0 Å². The lowest BCUT2D eigenvalue weighted by atomic mass is 9.83. The maximum atomic E-state index is 13.1. The Labute approximate surface area is 136 Å². The van der Waals surface area contributed by atoms with E-state index in [0.717, 1.165) is 43.4 Å². The molecule has 2 aromatic rings. The average Bonchev–Trinajstić information content (AvgIpc) is 3.11. The number of ketones is 1. The summed E-state index contributed by atoms with van der Waals surface area (Å²) in [5, 5.41) is 4.13. The van der Waals surface area contributed by atoms with Crippen molar-refractivity contribution in [3.63, 3.8) is 0 Å². The lowest BCUT2D eigenvalue weighted by Gasteiger charge is -2.23. The van der Waals surface area contributed by atoms with Crippen LogP contribution in [0.1, 0.15) is 47.7 Å². The first-order chi connectivity index (χ1) is 11.2. The fourth-order valence-electron chi connectivity index (χ4n) is 3.43. The molecule has 5 heteroatoms. The lowest BCUT2D eigenvalue weighted by molar-refractivity contribution is 0.0899. The minimum Gasteiger partial charge on any atom is -0.496 e. The van der Waals surface area contributed by atoms with E-state index in [4.69, 9.17) is 4.74 Å². The predicted octanol–water partition coefficient (Wildman–Crippen LogP) is 3.07. The van der Waals surface area contributed by atoms with Crippen LogP contribution in [-0.4, -0.2) is 27.7 Å². The van der Waals surface area contributed by atoms with Gasteiger partial charge in [0.05, 0.1) is 13.7 Å². The number of hydrogen-bond donors (Lipinski definition) is 0. The van der Waals surface area contributed by atoms with Crippen LogP contribution in [0.15, 0.2) is 24.8 Å². The molecule has 0 N–H and O–H groups in total. The van der Waals surface area contributed by atoms with Gasteiger partial charge < -0.3 is 4.74 Å². The first kappa shape index (κ1) is 15.7. The van der Waals surface area contributed by atoms with E-state index in [9.17, 15) is 4.79 Å². The molecule has 0 saturated heterocycles. The molecular weight excluding hydrogens is 290 g/mol. The van der Waals surface area contributed by atoms with E-state index in [-0.39, 0.29) is 11.7 Å². The Balaban J connectivity index is 1.92. The van der Waals surface area contributed by atoms with Gasteiger partial charge in [-0.3, -0.25) is 9.48 Å². The number of rotatable bonds is 6. The Morgan fingerprint density at radius 2 is 2.09 bits per heavy atom. The van der Waals surface area contributed by atoms with Gasteiger partial charge in [0.2, 0.25) is 0 Å². The van der Waals surface area contributed by atoms with Gasteiger partial charge in [0.25, 0.3) is 0 Å². The fourth-order valence-corrected chi connectivity index (χ4v) is 3.43. The Morgan fingerprint density at radius 3 is 2.74 bits per heavy atom. The van der Waals surface area contributed by atoms with Gasteiger partial charge in [-0.15, -0.1) is 0 Å². The van der Waals surface area contributed by atoms with Gasteiger partial charge in [-0.2, -0.15) is 5.10 Å². The molecule has 1 heterocycles. The summed E-state index contributed by atoms with van der Waals surface area (Å²) in [6, 6.07) is 3.88. The second kappa shape index (κ2) is 6.94. The van der Waals surface area contributed by atoms with E-state index in [1.807, 2.05) is 12.1 Å². The number of aromatic nitrogens is 3. The van der Waals surface area contributed by atoms with Crippen LogP contribution in [0.5, 0.6) is 5.75 Å². The summed E-state index contributed by atoms with van der Waals surface area (Å²) < 4.78 is 7.22. The largest absolute Gasteiger partial charge is 0.496 e. The SMILES string of the molecule is CCC(Cn1cncn1)C(=O)c1ccc(OC)c2c1CCCC2. The molecule has 23 heavy (non-hydrogen) atoms. The minimum absolute atomic E-state index is 0.0730. The summed E-state index contributed by atoms with van der Waals surface area (Å²) in [4.78, 5) is 17.0. The second-order valence-corrected chi connectivity index (χ2v) is 6.07. The maximum absolute atomic E-state index is 13.1. The van der Waals surface area contributed by atoms with Crippen molar-refractivity contribution < 1.29 is 9.53 Å². The number of benzene rings is 1. The third-order valence-corrected chi connectivity index (χ3v) is 4.71. The highest BCUT2D eigenvalue weighted by atomic mass is 16.5. The Morgan fingerprint density at radius 1 is 1.30 bits per heavy atom. The smallest absolute Gasteiger partial charge is 0.168 e. The number of methoxy groups -OCH3 is 1. The third-order valence-electron chi connectivity index (χ3n) is 4.71. The fraction of sp³-hybridized carbons (Fsp3) is 0.500. The van der Waals surface area contributed by atoms with Gasteiger partial charge >= 0.3 is 0 Å². The molecule has 1 unspecified atom stereocenters. The number of carbonyl (C=O) groups is 1. The predicted molar refractivity (Wildman–Crippen MR) is 87.8 cm³/mol. The van der Waals surface area contributed by atoms with E-state index in [0.29, 0.717) is 6.54 Å². The molecule has 0 amide bonds. The number of fused-ring (bicyclic) bond motifs is 1. The van der Waals surface area contributed by atoms with E-state index < -0.39 is 0 Å². The van der Waals surface area contributed by atoms with Crippen molar-refractivity contribution in [2.45, 2.75) is 45.6 Å². The number of ether oxygens (including phenoxy) is 1. The third kappa shape index (κ3) is 3.14. The Hall–Kier alpha value is -2.17. The lowest BCUT2D eigenvalue weighted by Crippen LogP contribution is -2.23. The number of hydrogen-bond acceptors (Lipinski definition) is 4. The van der Waals surface area contributed by atoms with Crippen molar-refractivity contribution in [3.05, 3.63) is 41.5 Å². The Kier molecular flexibility index (Phi) is 4.74. The summed E-state index contributed by atoms with van der Waals surface area (Å²) in [7, 11) is 1.70. The topological polar surface area (TPSA) is 57.0 Å². The van der Waals surface area contributed by atoms with Gasteiger partial charge in [0.15, 0.2) is 5.78 Å². The molecule has 5 nitrogen and oxygen atoms in total. The van der Waals surface area contributed by atoms with Gasteiger partial charge in [0, 0.05) is 11.5 Å². The molecule has 0 saturated carbocycles. The van der Waals surface area contributed by atoms with Crippen molar-refractivity contribution in [3.8, 4) is 5.75 Å². The normalized spacial score (nSPS) is 15.0. The van der Waals surface area contributed by atoms with Crippen LogP contribution in [-0.2, 0) is 19.4 Å². The van der Waals surface area contributed by atoms with Crippen molar-refractivity contribution in [2.75, 3.05) is 7.11 Å². The molecule has 1 aliphatic carbocycles. The summed E-state index contributed by atoms with van der Waals surface area (Å²) in [6.45, 7) is 2.63. The standard InChI is InChI=1S/C18H23N3O2/c1-3-13(10-21-12-19-11-20-21)18(22)16-8-9-17(23-2)15-7-5-4-6-14(15)16/h8-9,11-13H,3-7,10H2,1-2H3. The zero-order valence-electron chi connectivity index (χ0n) is 13.8. The number of nitrogens with zero attached hydrogens (tertiary/aromatic N) is 3. The molecule has 0 aliphatic heterocycles. The highest BCUT2D eigenvalue weighted by Crippen LogP contribution is 2.33. The zero-order chi connectivity index (χ0) is 16.2. The van der Waals surface area contributed by atoms with Crippen LogP contribution >= 0.6 is 0 Å². The zero-order valence-corrected chi connectivity index (χ0v) is 13.8. The second-order valence-electron chi connectivity index (χ2n) is 6.07. The summed E-state index contributed by atoms with van der Waals surface area (Å²) >= 11 is 0. The first-order valence-corrected chi connectivity index (χ1v) is 8.30. The van der Waals surface area contributed by atoms with E-state index >= 15 is 0 Å². The molecule has 122 valence electrons. The van der Waals surface area contributed by atoms with Gasteiger partial charge in [0.1, 0.15) is 18.4 Å². The molecule has 1 aromatic heterocycles. The highest BCUT2D eigenvalue weighted by Gasteiger charge is 2.25. The summed E-state index contributed by atoms with van der Waals surface area (Å²) in [6.07, 6.45) is 8.23. The summed E-state index contributed by atoms with van der Waals surface area (Å²) in [5.41, 5.74) is 3.28. The van der Waals surface area contributed by atoms with Gasteiger partial charge in [-0.1, -0.05) is 6.92 Å². The van der Waals surface area contributed by atoms with Crippen LogP contribution < -0.4 is 4.74 Å². The van der Waals surface area contributed by atoms with E-state index in [1.165, 1.54) is 17.5 Å². The monoisotopic (exact) mass is 313 g/mol. The van der Waals surface area contributed by atoms with Crippen molar-refractivity contribution in [1.29, 1.82) is 0 Å². The molecule has 1 aliphatic rings. The molecule has 0 spiro atoms. The van der Waals surface area contributed by atoms with Crippen molar-refractivity contribution in [2.24, 2.45) is 5.92 Å². The van der Waals surface area contributed by atoms with Crippen molar-refractivity contribution in [1.82, 2.24) is 14.8 Å². The van der Waals surface area contributed by atoms with Crippen LogP contribution in [0.3, 0.4) is 0 Å².